The third kappa shape index (κ3) is 8.15. The number of ether oxygens (including phenoxy) is 1. The second-order valence-electron chi connectivity index (χ2n) is 9.59. The number of hydrogen-bond acceptors (Lipinski definition) is 5. The van der Waals surface area contributed by atoms with E-state index < -0.39 is 28.5 Å². The first kappa shape index (κ1) is 32.2. The largest absolute Gasteiger partial charge is 0.497 e. The molecule has 8 nitrogen and oxygen atoms in total. The predicted octanol–water partition coefficient (Wildman–Crippen LogP) is 5.84. The summed E-state index contributed by atoms with van der Waals surface area (Å²) < 4.78 is 34.0. The number of hydrogen-bond donors (Lipinski definition) is 1. The first-order valence-electron chi connectivity index (χ1n) is 13.2. The Morgan fingerprint density at radius 2 is 1.66 bits per heavy atom. The van der Waals surface area contributed by atoms with Crippen molar-refractivity contribution in [2.24, 2.45) is 0 Å². The smallest absolute Gasteiger partial charge is 0.264 e. The minimum absolute atomic E-state index is 0.00952. The van der Waals surface area contributed by atoms with Gasteiger partial charge in [-0.3, -0.25) is 13.9 Å². The summed E-state index contributed by atoms with van der Waals surface area (Å²) in [6.07, 6.45) is 1.69. The van der Waals surface area contributed by atoms with E-state index in [0.717, 1.165) is 28.3 Å². The number of carbonyl (C=O) groups excluding carboxylic acids is 2. The third-order valence-corrected chi connectivity index (χ3v) is 9.18. The highest BCUT2D eigenvalue weighted by Gasteiger charge is 2.33. The second-order valence-corrected chi connectivity index (χ2v) is 12.2. The van der Waals surface area contributed by atoms with Crippen LogP contribution in [0.2, 0.25) is 10.0 Å². The van der Waals surface area contributed by atoms with Crippen LogP contribution >= 0.6 is 23.2 Å². The van der Waals surface area contributed by atoms with Gasteiger partial charge in [-0.15, -0.1) is 0 Å². The van der Waals surface area contributed by atoms with Crippen molar-refractivity contribution in [3.8, 4) is 5.75 Å². The van der Waals surface area contributed by atoms with Crippen molar-refractivity contribution in [3.63, 3.8) is 0 Å². The van der Waals surface area contributed by atoms with Gasteiger partial charge in [-0.2, -0.15) is 0 Å². The molecular formula is C30H35Cl2N3O5S. The third-order valence-electron chi connectivity index (χ3n) is 6.60. The molecule has 0 saturated heterocycles. The van der Waals surface area contributed by atoms with Gasteiger partial charge in [0.15, 0.2) is 0 Å². The summed E-state index contributed by atoms with van der Waals surface area (Å²) >= 11 is 12.7. The van der Waals surface area contributed by atoms with Gasteiger partial charge < -0.3 is 15.0 Å². The lowest BCUT2D eigenvalue weighted by Crippen LogP contribution is -2.51. The number of sulfonamides is 1. The van der Waals surface area contributed by atoms with Gasteiger partial charge in [0.2, 0.25) is 11.8 Å². The number of methoxy groups -OCH3 is 1. The molecule has 0 radical (unpaired) electrons. The van der Waals surface area contributed by atoms with Crippen LogP contribution < -0.4 is 14.4 Å². The molecule has 2 amide bonds. The number of aryl methyl sites for hydroxylation is 1. The molecule has 11 heteroatoms. The lowest BCUT2D eigenvalue weighted by atomic mass is 10.1. The van der Waals surface area contributed by atoms with Crippen LogP contribution in [0, 0.1) is 6.92 Å². The number of unbranched alkanes of at least 4 members (excludes halogenated alkanes) is 1. The zero-order valence-corrected chi connectivity index (χ0v) is 25.9. The highest BCUT2D eigenvalue weighted by Crippen LogP contribution is 2.35. The summed E-state index contributed by atoms with van der Waals surface area (Å²) in [5.74, 6) is -0.289. The molecule has 0 aliphatic heterocycles. The van der Waals surface area contributed by atoms with E-state index in [4.69, 9.17) is 27.9 Å². The first-order chi connectivity index (χ1) is 19.5. The fourth-order valence-corrected chi connectivity index (χ4v) is 5.96. The fourth-order valence-electron chi connectivity index (χ4n) is 4.08. The normalized spacial score (nSPS) is 12.0. The monoisotopic (exact) mass is 619 g/mol. The maximum absolute atomic E-state index is 14.0. The topological polar surface area (TPSA) is 96.0 Å². The Morgan fingerprint density at radius 3 is 2.27 bits per heavy atom. The average molecular weight is 621 g/mol. The quantitative estimate of drug-likeness (QED) is 0.243. The Morgan fingerprint density at radius 1 is 1.00 bits per heavy atom. The molecule has 0 aliphatic rings. The van der Waals surface area contributed by atoms with E-state index in [-0.39, 0.29) is 33.1 Å². The lowest BCUT2D eigenvalue weighted by molar-refractivity contribution is -0.139. The number of anilines is 1. The van der Waals surface area contributed by atoms with Gasteiger partial charge in [-0.1, -0.05) is 72.4 Å². The Hall–Kier alpha value is -3.27. The van der Waals surface area contributed by atoms with Gasteiger partial charge in [0, 0.05) is 13.1 Å². The van der Waals surface area contributed by atoms with Crippen LogP contribution in [-0.4, -0.2) is 51.4 Å². The molecule has 0 unspecified atom stereocenters. The molecule has 3 rings (SSSR count). The van der Waals surface area contributed by atoms with E-state index in [1.807, 2.05) is 13.8 Å². The van der Waals surface area contributed by atoms with Gasteiger partial charge in [0.05, 0.1) is 27.7 Å². The minimum Gasteiger partial charge on any atom is -0.497 e. The van der Waals surface area contributed by atoms with E-state index in [2.05, 4.69) is 5.32 Å². The molecule has 1 N–H and O–H groups in total. The van der Waals surface area contributed by atoms with Crippen LogP contribution in [0.5, 0.6) is 5.75 Å². The van der Waals surface area contributed by atoms with Crippen molar-refractivity contribution in [1.29, 1.82) is 0 Å². The molecule has 0 bridgehead atoms. The van der Waals surface area contributed by atoms with Crippen molar-refractivity contribution in [2.45, 2.75) is 51.1 Å². The fraction of sp³-hybridized carbons (Fsp3) is 0.333. The first-order valence-corrected chi connectivity index (χ1v) is 15.4. The SMILES string of the molecule is CCCCNC(=O)[C@H](C)N(Cc1ccc(OC)cc1)C(=O)CN(c1cccc(Cl)c1Cl)S(=O)(=O)c1ccc(C)cc1. The van der Waals surface area contributed by atoms with E-state index in [1.165, 1.54) is 29.2 Å². The van der Waals surface area contributed by atoms with Gasteiger partial charge in [-0.25, -0.2) is 8.42 Å². The van der Waals surface area contributed by atoms with E-state index in [9.17, 15) is 18.0 Å². The Kier molecular flexibility index (Phi) is 11.5. The summed E-state index contributed by atoms with van der Waals surface area (Å²) in [6, 6.07) is 17.1. The van der Waals surface area contributed by atoms with Crippen LogP contribution in [0.15, 0.2) is 71.6 Å². The molecule has 0 heterocycles. The predicted molar refractivity (Wildman–Crippen MR) is 163 cm³/mol. The molecule has 3 aromatic rings. The van der Waals surface area contributed by atoms with Gasteiger partial charge in [-0.05, 0) is 62.2 Å². The minimum atomic E-state index is -4.26. The Labute approximate surface area is 252 Å². The summed E-state index contributed by atoms with van der Waals surface area (Å²) in [7, 11) is -2.71. The second kappa shape index (κ2) is 14.6. The molecule has 41 heavy (non-hydrogen) atoms. The Balaban J connectivity index is 2.03. The number of amides is 2. The molecular weight excluding hydrogens is 585 g/mol. The number of nitrogens with zero attached hydrogens (tertiary/aromatic N) is 2. The molecule has 1 atom stereocenters. The van der Waals surface area contributed by atoms with E-state index in [0.29, 0.717) is 12.3 Å². The van der Waals surface area contributed by atoms with Crippen molar-refractivity contribution in [2.75, 3.05) is 24.5 Å². The number of rotatable bonds is 13. The van der Waals surface area contributed by atoms with Crippen molar-refractivity contribution >= 4 is 50.7 Å². The molecule has 0 fully saturated rings. The van der Waals surface area contributed by atoms with Crippen LogP contribution in [0.4, 0.5) is 5.69 Å². The average Bonchev–Trinajstić information content (AvgIpc) is 2.96. The van der Waals surface area contributed by atoms with Crippen LogP contribution in [0.25, 0.3) is 0 Å². The number of nitrogens with one attached hydrogen (secondary N) is 1. The molecule has 0 spiro atoms. The van der Waals surface area contributed by atoms with Gasteiger partial charge >= 0.3 is 0 Å². The Bertz CT molecular complexity index is 1450. The highest BCUT2D eigenvalue weighted by molar-refractivity contribution is 7.92. The van der Waals surface area contributed by atoms with Crippen LogP contribution in [-0.2, 0) is 26.2 Å². The molecule has 0 aliphatic carbocycles. The molecule has 3 aromatic carbocycles. The van der Waals surface area contributed by atoms with E-state index in [1.54, 1.807) is 56.5 Å². The zero-order valence-electron chi connectivity index (χ0n) is 23.6. The van der Waals surface area contributed by atoms with Crippen LogP contribution in [0.1, 0.15) is 37.8 Å². The maximum atomic E-state index is 14.0. The van der Waals surface area contributed by atoms with Gasteiger partial charge in [0.1, 0.15) is 18.3 Å². The lowest BCUT2D eigenvalue weighted by Gasteiger charge is -2.32. The van der Waals surface area contributed by atoms with Crippen LogP contribution in [0.3, 0.4) is 0 Å². The highest BCUT2D eigenvalue weighted by atomic mass is 35.5. The van der Waals surface area contributed by atoms with Gasteiger partial charge in [0.25, 0.3) is 10.0 Å². The van der Waals surface area contributed by atoms with Crippen molar-refractivity contribution in [3.05, 3.63) is 87.9 Å². The summed E-state index contributed by atoms with van der Waals surface area (Å²) in [5.41, 5.74) is 1.67. The summed E-state index contributed by atoms with van der Waals surface area (Å²) in [6.45, 7) is 5.39. The zero-order chi connectivity index (χ0) is 30.2. The van der Waals surface area contributed by atoms with Crippen molar-refractivity contribution < 1.29 is 22.7 Å². The van der Waals surface area contributed by atoms with Crippen molar-refractivity contribution in [1.82, 2.24) is 10.2 Å². The summed E-state index contributed by atoms with van der Waals surface area (Å²) in [5, 5.41) is 2.99. The van der Waals surface area contributed by atoms with E-state index >= 15 is 0 Å². The summed E-state index contributed by atoms with van der Waals surface area (Å²) in [4.78, 5) is 28.4. The molecule has 0 saturated carbocycles. The molecule has 220 valence electrons. The number of benzene rings is 3. The maximum Gasteiger partial charge on any atom is 0.264 e. The number of halogens is 2. The standard InChI is InChI=1S/C30H35Cl2N3O5S/c1-5-6-18-33-30(37)22(3)34(19-23-12-14-24(40-4)15-13-23)28(36)20-35(27-9-7-8-26(31)29(27)32)41(38,39)25-16-10-21(2)11-17-25/h7-17,22H,5-6,18-20H2,1-4H3,(H,33,37)/t22-/m0/s1. The molecule has 0 aromatic heterocycles. The number of carbonyl (C=O) groups is 2.